The molecule has 0 aromatic carbocycles. The molecule has 1 aromatic heterocycles. The quantitative estimate of drug-likeness (QED) is 0.767. The lowest BCUT2D eigenvalue weighted by atomic mass is 10.1. The Hall–Kier alpha value is -1.16. The van der Waals surface area contributed by atoms with E-state index in [1.807, 2.05) is 0 Å². The van der Waals surface area contributed by atoms with Gasteiger partial charge in [-0.25, -0.2) is 17.7 Å². The van der Waals surface area contributed by atoms with Crippen LogP contribution in [0.5, 0.6) is 0 Å². The molecule has 124 valence electrons. The van der Waals surface area contributed by atoms with Crippen molar-refractivity contribution in [2.75, 3.05) is 43.6 Å². The molecule has 0 saturated carbocycles. The van der Waals surface area contributed by atoms with Gasteiger partial charge in [-0.15, -0.1) is 0 Å². The van der Waals surface area contributed by atoms with Crippen LogP contribution in [-0.4, -0.2) is 66.8 Å². The van der Waals surface area contributed by atoms with Crippen molar-refractivity contribution in [2.24, 2.45) is 5.92 Å². The van der Waals surface area contributed by atoms with Crippen LogP contribution >= 0.6 is 11.6 Å². The van der Waals surface area contributed by atoms with Crippen LogP contribution in [0.15, 0.2) is 0 Å². The lowest BCUT2D eigenvalue weighted by Crippen LogP contribution is -2.33. The Morgan fingerprint density at radius 2 is 2.05 bits per heavy atom. The minimum Gasteiger partial charge on any atom is -0.391 e. The smallest absolute Gasteiger partial charge is 0.222 e. The molecule has 0 unspecified atom stereocenters. The lowest BCUT2D eigenvalue weighted by Gasteiger charge is -2.20. The van der Waals surface area contributed by atoms with Crippen molar-refractivity contribution in [3.05, 3.63) is 10.7 Å². The molecule has 0 aliphatic carbocycles. The van der Waals surface area contributed by atoms with E-state index in [2.05, 4.69) is 9.97 Å². The summed E-state index contributed by atoms with van der Waals surface area (Å²) in [5, 5.41) is 10.5. The second kappa shape index (κ2) is 6.15. The molecule has 2 atom stereocenters. The third-order valence-electron chi connectivity index (χ3n) is 3.70. The number of aliphatic hydroxyl groups excluding tert-OH is 1. The average molecular weight is 350 g/mol. The highest BCUT2D eigenvalue weighted by atomic mass is 35.5. The van der Waals surface area contributed by atoms with Gasteiger partial charge in [0.25, 0.3) is 0 Å². The highest BCUT2D eigenvalue weighted by molar-refractivity contribution is 7.89. The molecule has 3 N–H and O–H groups in total. The van der Waals surface area contributed by atoms with Crippen molar-refractivity contribution in [3.63, 3.8) is 0 Å². The SMILES string of the molecule is Cc1nc(N)nc(N2C[C@@H](CS(=O)(=O)N(C)C)[C@@H](O)C2)c1Cl. The number of rotatable bonds is 4. The summed E-state index contributed by atoms with van der Waals surface area (Å²) in [5.74, 6) is -0.0272. The highest BCUT2D eigenvalue weighted by Gasteiger charge is 2.36. The van der Waals surface area contributed by atoms with Crippen molar-refractivity contribution in [2.45, 2.75) is 13.0 Å². The molecule has 1 aromatic rings. The molecule has 2 rings (SSSR count). The predicted molar refractivity (Wildman–Crippen MR) is 85.4 cm³/mol. The summed E-state index contributed by atoms with van der Waals surface area (Å²) in [6.07, 6.45) is -0.776. The van der Waals surface area contributed by atoms with Gasteiger partial charge in [0.15, 0.2) is 5.82 Å². The maximum absolute atomic E-state index is 12.0. The van der Waals surface area contributed by atoms with Crippen LogP contribution in [-0.2, 0) is 10.0 Å². The van der Waals surface area contributed by atoms with Crippen molar-refractivity contribution in [1.29, 1.82) is 0 Å². The number of nitrogens with two attached hydrogens (primary N) is 1. The van der Waals surface area contributed by atoms with Gasteiger partial charge >= 0.3 is 0 Å². The minimum absolute atomic E-state index is 0.0933. The molecule has 1 fully saturated rings. The van der Waals surface area contributed by atoms with Crippen molar-refractivity contribution >= 4 is 33.4 Å². The van der Waals surface area contributed by atoms with Gasteiger partial charge in [-0.2, -0.15) is 4.98 Å². The fraction of sp³-hybridized carbons (Fsp3) is 0.667. The number of hydrogen-bond acceptors (Lipinski definition) is 7. The van der Waals surface area contributed by atoms with Gasteiger partial charge in [-0.3, -0.25) is 0 Å². The monoisotopic (exact) mass is 349 g/mol. The number of nitrogens with zero attached hydrogens (tertiary/aromatic N) is 4. The molecule has 1 saturated heterocycles. The Kier molecular flexibility index (Phi) is 4.81. The molecule has 0 amide bonds. The first-order valence-corrected chi connectivity index (χ1v) is 8.73. The maximum atomic E-state index is 12.0. The number of aliphatic hydroxyl groups is 1. The van der Waals surface area contributed by atoms with Gasteiger partial charge in [0.2, 0.25) is 16.0 Å². The zero-order valence-electron chi connectivity index (χ0n) is 12.7. The highest BCUT2D eigenvalue weighted by Crippen LogP contribution is 2.31. The molecule has 1 aliphatic heterocycles. The van der Waals surface area contributed by atoms with Crippen LogP contribution in [0.4, 0.5) is 11.8 Å². The van der Waals surface area contributed by atoms with E-state index in [0.717, 1.165) is 4.31 Å². The van der Waals surface area contributed by atoms with Crippen molar-refractivity contribution in [3.8, 4) is 0 Å². The molecule has 2 heterocycles. The second-order valence-electron chi connectivity index (χ2n) is 5.60. The minimum atomic E-state index is -3.39. The number of hydrogen-bond donors (Lipinski definition) is 2. The van der Waals surface area contributed by atoms with Crippen LogP contribution in [0.3, 0.4) is 0 Å². The van der Waals surface area contributed by atoms with E-state index in [-0.39, 0.29) is 18.2 Å². The lowest BCUT2D eigenvalue weighted by molar-refractivity contribution is 0.157. The summed E-state index contributed by atoms with van der Waals surface area (Å²) in [5.41, 5.74) is 6.18. The first kappa shape index (κ1) is 17.2. The summed E-state index contributed by atoms with van der Waals surface area (Å²) in [6.45, 7) is 2.30. The largest absolute Gasteiger partial charge is 0.391 e. The summed E-state index contributed by atoms with van der Waals surface area (Å²) in [7, 11) is -0.446. The van der Waals surface area contributed by atoms with Crippen LogP contribution in [0, 0.1) is 12.8 Å². The Morgan fingerprint density at radius 1 is 1.41 bits per heavy atom. The molecule has 0 radical (unpaired) electrons. The van der Waals surface area contributed by atoms with Crippen molar-refractivity contribution in [1.82, 2.24) is 14.3 Å². The van der Waals surface area contributed by atoms with Crippen LogP contribution in [0.1, 0.15) is 5.69 Å². The number of halogens is 1. The Labute approximate surface area is 135 Å². The van der Waals surface area contributed by atoms with Gasteiger partial charge in [0.1, 0.15) is 5.02 Å². The molecular formula is C12H20ClN5O3S. The molecule has 10 heteroatoms. The number of aryl methyl sites for hydroxylation is 1. The molecule has 0 bridgehead atoms. The Bertz CT molecular complexity index is 667. The van der Waals surface area contributed by atoms with E-state index in [0.29, 0.717) is 23.1 Å². The summed E-state index contributed by atoms with van der Waals surface area (Å²) < 4.78 is 25.1. The number of anilines is 2. The first-order chi connectivity index (χ1) is 10.1. The van der Waals surface area contributed by atoms with Crippen molar-refractivity contribution < 1.29 is 13.5 Å². The Balaban J connectivity index is 2.21. The molecular weight excluding hydrogens is 330 g/mol. The van der Waals surface area contributed by atoms with E-state index >= 15 is 0 Å². The van der Waals surface area contributed by atoms with Crippen LogP contribution in [0.25, 0.3) is 0 Å². The molecule has 22 heavy (non-hydrogen) atoms. The number of sulfonamides is 1. The van der Waals surface area contributed by atoms with Gasteiger partial charge in [0.05, 0.1) is 17.6 Å². The average Bonchev–Trinajstić information content (AvgIpc) is 2.74. The van der Waals surface area contributed by atoms with E-state index in [1.54, 1.807) is 11.8 Å². The first-order valence-electron chi connectivity index (χ1n) is 6.74. The number of nitrogen functional groups attached to an aromatic ring is 1. The topological polar surface area (TPSA) is 113 Å². The number of aromatic nitrogens is 2. The summed E-state index contributed by atoms with van der Waals surface area (Å²) in [4.78, 5) is 9.82. The fourth-order valence-electron chi connectivity index (χ4n) is 2.39. The molecule has 0 spiro atoms. The standard InChI is InChI=1S/C12H20ClN5O3S/c1-7-10(13)11(16-12(14)15-7)18-4-8(9(19)5-18)6-22(20,21)17(2)3/h8-9,19H,4-6H2,1-3H3,(H2,14,15,16)/t8-,9-/m0/s1. The van der Waals surface area contributed by atoms with Crippen LogP contribution in [0.2, 0.25) is 5.02 Å². The van der Waals surface area contributed by atoms with Gasteiger partial charge in [-0.05, 0) is 6.92 Å². The second-order valence-corrected chi connectivity index (χ2v) is 8.20. The van der Waals surface area contributed by atoms with E-state index < -0.39 is 22.0 Å². The third kappa shape index (κ3) is 3.43. The Morgan fingerprint density at radius 3 is 2.64 bits per heavy atom. The van der Waals surface area contributed by atoms with Crippen LogP contribution < -0.4 is 10.6 Å². The van der Waals surface area contributed by atoms with E-state index in [1.165, 1.54) is 14.1 Å². The third-order valence-corrected chi connectivity index (χ3v) is 6.11. The zero-order chi connectivity index (χ0) is 16.7. The molecule has 8 nitrogen and oxygen atoms in total. The summed E-state index contributed by atoms with van der Waals surface area (Å²) in [6, 6.07) is 0. The van der Waals surface area contributed by atoms with Gasteiger partial charge in [0, 0.05) is 33.1 Å². The van der Waals surface area contributed by atoms with Gasteiger partial charge in [-0.1, -0.05) is 11.6 Å². The molecule has 1 aliphatic rings. The number of β-amino-alcohol motifs (C(OH)–C–C–N with tert-alkyl or cyclic N) is 1. The zero-order valence-corrected chi connectivity index (χ0v) is 14.3. The maximum Gasteiger partial charge on any atom is 0.222 e. The normalized spacial score (nSPS) is 22.5. The van der Waals surface area contributed by atoms with E-state index in [4.69, 9.17) is 17.3 Å². The summed E-state index contributed by atoms with van der Waals surface area (Å²) >= 11 is 6.19. The predicted octanol–water partition coefficient (Wildman–Crippen LogP) is -0.291. The van der Waals surface area contributed by atoms with E-state index in [9.17, 15) is 13.5 Å². The van der Waals surface area contributed by atoms with Gasteiger partial charge < -0.3 is 15.7 Å². The fourth-order valence-corrected chi connectivity index (χ4v) is 3.76.